The average Bonchev–Trinajstić information content (AvgIpc) is 3.24. The van der Waals surface area contributed by atoms with Crippen LogP contribution in [0.15, 0.2) is 84.9 Å². The Bertz CT molecular complexity index is 1460. The van der Waals surface area contributed by atoms with Gasteiger partial charge in [-0.25, -0.2) is 4.98 Å². The van der Waals surface area contributed by atoms with E-state index in [1.165, 1.54) is 16.7 Å². The van der Waals surface area contributed by atoms with Crippen LogP contribution in [0.1, 0.15) is 34.7 Å². The number of imidazole rings is 1. The number of fused-ring (bicyclic) bond motifs is 3. The Hall–Kier alpha value is -4.10. The monoisotopic (exact) mass is 430 g/mol. The third kappa shape index (κ3) is 3.72. The second-order valence-electron chi connectivity index (χ2n) is 8.34. The third-order valence-corrected chi connectivity index (χ3v) is 6.33. The highest BCUT2D eigenvalue weighted by atomic mass is 15.2. The standard InChI is InChI=1S/C29H26N4/c1-3-32(20-23-14-8-5-9-15-23)29-24(18-22-12-6-4-7-13-22)21(2)25(19-30)28-31-26-16-10-11-17-27(26)33(28)29/h4-17H,3,18,20H2,1-2H3. The predicted octanol–water partition coefficient (Wildman–Crippen LogP) is 6.28. The van der Waals surface area contributed by atoms with Gasteiger partial charge in [-0.2, -0.15) is 5.26 Å². The Labute approximate surface area is 194 Å². The Morgan fingerprint density at radius 2 is 1.52 bits per heavy atom. The minimum Gasteiger partial charge on any atom is -0.353 e. The molecular formula is C29H26N4. The zero-order valence-electron chi connectivity index (χ0n) is 19.0. The number of para-hydroxylation sites is 2. The number of aromatic nitrogens is 2. The van der Waals surface area contributed by atoms with Crippen molar-refractivity contribution in [1.29, 1.82) is 5.26 Å². The topological polar surface area (TPSA) is 44.3 Å². The summed E-state index contributed by atoms with van der Waals surface area (Å²) in [6.07, 6.45) is 0.754. The molecule has 0 saturated heterocycles. The summed E-state index contributed by atoms with van der Waals surface area (Å²) in [6.45, 7) is 5.87. The second-order valence-corrected chi connectivity index (χ2v) is 8.34. The van der Waals surface area contributed by atoms with Gasteiger partial charge in [-0.1, -0.05) is 72.8 Å². The molecule has 2 aromatic heterocycles. The molecule has 5 aromatic rings. The van der Waals surface area contributed by atoms with Gasteiger partial charge in [-0.05, 0) is 42.7 Å². The van der Waals surface area contributed by atoms with E-state index in [0.29, 0.717) is 5.56 Å². The van der Waals surface area contributed by atoms with Crippen LogP contribution in [0.4, 0.5) is 5.82 Å². The van der Waals surface area contributed by atoms with Gasteiger partial charge in [0.05, 0.1) is 16.6 Å². The largest absolute Gasteiger partial charge is 0.353 e. The normalized spacial score (nSPS) is 11.1. The fraction of sp³-hybridized carbons (Fsp3) is 0.172. The van der Waals surface area contributed by atoms with E-state index < -0.39 is 0 Å². The van der Waals surface area contributed by atoms with Crippen molar-refractivity contribution in [2.45, 2.75) is 26.8 Å². The number of hydrogen-bond acceptors (Lipinski definition) is 3. The molecule has 0 N–H and O–H groups in total. The molecule has 0 aliphatic rings. The fourth-order valence-electron chi connectivity index (χ4n) is 4.65. The van der Waals surface area contributed by atoms with E-state index in [0.717, 1.165) is 47.6 Å². The molecule has 0 aliphatic heterocycles. The number of nitrogens with zero attached hydrogens (tertiary/aromatic N) is 4. The minimum absolute atomic E-state index is 0.650. The first-order chi connectivity index (χ1) is 16.2. The zero-order chi connectivity index (χ0) is 22.8. The molecule has 2 heterocycles. The van der Waals surface area contributed by atoms with E-state index >= 15 is 0 Å². The highest BCUT2D eigenvalue weighted by Crippen LogP contribution is 2.35. The van der Waals surface area contributed by atoms with Gasteiger partial charge < -0.3 is 4.90 Å². The second kappa shape index (κ2) is 8.80. The molecule has 0 radical (unpaired) electrons. The summed E-state index contributed by atoms with van der Waals surface area (Å²) in [4.78, 5) is 7.30. The van der Waals surface area contributed by atoms with Gasteiger partial charge in [0.15, 0.2) is 5.65 Å². The highest BCUT2D eigenvalue weighted by molar-refractivity contribution is 5.86. The Balaban J connectivity index is 1.83. The Morgan fingerprint density at radius 3 is 2.18 bits per heavy atom. The molecule has 0 amide bonds. The summed E-state index contributed by atoms with van der Waals surface area (Å²) < 4.78 is 2.20. The first kappa shape index (κ1) is 20.8. The van der Waals surface area contributed by atoms with Gasteiger partial charge in [0.2, 0.25) is 0 Å². The van der Waals surface area contributed by atoms with Crippen molar-refractivity contribution in [1.82, 2.24) is 9.38 Å². The van der Waals surface area contributed by atoms with Gasteiger partial charge in [0.25, 0.3) is 0 Å². The van der Waals surface area contributed by atoms with E-state index in [-0.39, 0.29) is 0 Å². The summed E-state index contributed by atoms with van der Waals surface area (Å²) in [5.74, 6) is 1.12. The van der Waals surface area contributed by atoms with Crippen LogP contribution in [0.25, 0.3) is 16.7 Å². The lowest BCUT2D eigenvalue weighted by atomic mass is 9.97. The van der Waals surface area contributed by atoms with Gasteiger partial charge in [-0.3, -0.25) is 4.40 Å². The first-order valence-electron chi connectivity index (χ1n) is 11.4. The molecule has 162 valence electrons. The van der Waals surface area contributed by atoms with Crippen LogP contribution in [-0.2, 0) is 13.0 Å². The van der Waals surface area contributed by atoms with Crippen molar-refractivity contribution in [3.63, 3.8) is 0 Å². The van der Waals surface area contributed by atoms with Crippen molar-refractivity contribution in [3.05, 3.63) is 113 Å². The highest BCUT2D eigenvalue weighted by Gasteiger charge is 2.24. The van der Waals surface area contributed by atoms with Crippen LogP contribution in [0.2, 0.25) is 0 Å². The van der Waals surface area contributed by atoms with Gasteiger partial charge >= 0.3 is 0 Å². The lowest BCUT2D eigenvalue weighted by molar-refractivity contribution is 0.796. The molecule has 3 aromatic carbocycles. The van der Waals surface area contributed by atoms with Crippen molar-refractivity contribution in [3.8, 4) is 6.07 Å². The fourth-order valence-corrected chi connectivity index (χ4v) is 4.65. The molecule has 33 heavy (non-hydrogen) atoms. The first-order valence-corrected chi connectivity index (χ1v) is 11.4. The molecule has 0 saturated carbocycles. The molecule has 0 fully saturated rings. The smallest absolute Gasteiger partial charge is 0.157 e. The van der Waals surface area contributed by atoms with Crippen molar-refractivity contribution in [2.75, 3.05) is 11.4 Å². The number of benzene rings is 3. The minimum atomic E-state index is 0.650. The van der Waals surface area contributed by atoms with E-state index in [1.807, 2.05) is 30.3 Å². The SMILES string of the molecule is CCN(Cc1ccccc1)c1c(Cc2ccccc2)c(C)c(C#N)c2nc3ccccc3n12. The summed E-state index contributed by atoms with van der Waals surface area (Å²) in [5.41, 5.74) is 7.97. The van der Waals surface area contributed by atoms with Crippen LogP contribution in [0, 0.1) is 18.3 Å². The molecule has 5 rings (SSSR count). The van der Waals surface area contributed by atoms with Crippen LogP contribution in [-0.4, -0.2) is 15.9 Å². The number of pyridine rings is 1. The molecule has 0 spiro atoms. The van der Waals surface area contributed by atoms with Gasteiger partial charge in [-0.15, -0.1) is 0 Å². The molecule has 0 bridgehead atoms. The van der Waals surface area contributed by atoms with Gasteiger partial charge in [0, 0.05) is 25.1 Å². The zero-order valence-corrected chi connectivity index (χ0v) is 19.0. The molecule has 0 unspecified atom stereocenters. The maximum absolute atomic E-state index is 10.1. The van der Waals surface area contributed by atoms with Gasteiger partial charge in [0.1, 0.15) is 11.9 Å². The molecular weight excluding hydrogens is 404 g/mol. The maximum Gasteiger partial charge on any atom is 0.157 e. The number of anilines is 1. The molecule has 4 heteroatoms. The number of hydrogen-bond donors (Lipinski definition) is 0. The summed E-state index contributed by atoms with van der Waals surface area (Å²) in [7, 11) is 0. The third-order valence-electron chi connectivity index (χ3n) is 6.33. The summed E-state index contributed by atoms with van der Waals surface area (Å²) >= 11 is 0. The summed E-state index contributed by atoms with van der Waals surface area (Å²) in [5, 5.41) is 10.1. The Kier molecular flexibility index (Phi) is 5.54. The van der Waals surface area contributed by atoms with Crippen LogP contribution >= 0.6 is 0 Å². The van der Waals surface area contributed by atoms with E-state index in [4.69, 9.17) is 4.98 Å². The lowest BCUT2D eigenvalue weighted by Crippen LogP contribution is -2.26. The lowest BCUT2D eigenvalue weighted by Gasteiger charge is -2.29. The summed E-state index contributed by atoms with van der Waals surface area (Å²) in [6, 6.07) is 31.6. The molecule has 0 aliphatic carbocycles. The van der Waals surface area contributed by atoms with E-state index in [1.54, 1.807) is 0 Å². The van der Waals surface area contributed by atoms with E-state index in [2.05, 4.69) is 83.8 Å². The molecule has 4 nitrogen and oxygen atoms in total. The number of rotatable bonds is 6. The van der Waals surface area contributed by atoms with Crippen LogP contribution in [0.3, 0.4) is 0 Å². The quantitative estimate of drug-likeness (QED) is 0.318. The van der Waals surface area contributed by atoms with Crippen molar-refractivity contribution >= 4 is 22.5 Å². The maximum atomic E-state index is 10.1. The number of nitriles is 1. The van der Waals surface area contributed by atoms with Crippen LogP contribution < -0.4 is 4.90 Å². The van der Waals surface area contributed by atoms with Crippen LogP contribution in [0.5, 0.6) is 0 Å². The Morgan fingerprint density at radius 1 is 0.879 bits per heavy atom. The molecule has 0 atom stereocenters. The van der Waals surface area contributed by atoms with E-state index in [9.17, 15) is 5.26 Å². The van der Waals surface area contributed by atoms with Crippen molar-refractivity contribution < 1.29 is 0 Å². The average molecular weight is 431 g/mol. The predicted molar refractivity (Wildman–Crippen MR) is 135 cm³/mol. The van der Waals surface area contributed by atoms with Crippen molar-refractivity contribution in [2.24, 2.45) is 0 Å².